The van der Waals surface area contributed by atoms with Gasteiger partial charge in [-0.2, -0.15) is 4.99 Å². The van der Waals surface area contributed by atoms with E-state index in [1.807, 2.05) is 0 Å². The Labute approximate surface area is 84.1 Å². The van der Waals surface area contributed by atoms with Crippen LogP contribution >= 0.6 is 0 Å². The van der Waals surface area contributed by atoms with Crippen molar-refractivity contribution in [3.05, 3.63) is 40.9 Å². The minimum atomic E-state index is -0.406. The highest BCUT2D eigenvalue weighted by Gasteiger charge is 1.96. The zero-order chi connectivity index (χ0) is 10.7. The summed E-state index contributed by atoms with van der Waals surface area (Å²) in [7, 11) is 0. The molecule has 0 N–H and O–H groups in total. The van der Waals surface area contributed by atoms with Crippen LogP contribution in [0, 0.1) is 0 Å². The van der Waals surface area contributed by atoms with Crippen molar-refractivity contribution in [2.24, 2.45) is 4.99 Å². The fraction of sp³-hybridized carbons (Fsp3) is 0. The van der Waals surface area contributed by atoms with E-state index in [0.717, 1.165) is 6.20 Å². The van der Waals surface area contributed by atoms with Gasteiger partial charge in [-0.3, -0.25) is 9.78 Å². The Morgan fingerprint density at radius 1 is 1.27 bits per heavy atom. The maximum Gasteiger partial charge on any atom is 0.288 e. The van der Waals surface area contributed by atoms with Crippen LogP contribution in [0.15, 0.2) is 40.4 Å². The Bertz CT molecular complexity index is 618. The number of fused-ring (bicyclic) bond motifs is 1. The van der Waals surface area contributed by atoms with Crippen molar-refractivity contribution in [2.75, 3.05) is 0 Å². The molecule has 0 saturated carbocycles. The molecule has 5 heteroatoms. The summed E-state index contributed by atoms with van der Waals surface area (Å²) in [6, 6.07) is 4.80. The summed E-state index contributed by atoms with van der Waals surface area (Å²) < 4.78 is 0. The topological polar surface area (TPSA) is 72.3 Å². The Hall–Kier alpha value is -2.39. The minimum absolute atomic E-state index is 0.406. The smallest absolute Gasteiger partial charge is 0.266 e. The Kier molecular flexibility index (Phi) is 2.31. The van der Waals surface area contributed by atoms with Crippen LogP contribution in [0.25, 0.3) is 10.9 Å². The van der Waals surface area contributed by atoms with Crippen LogP contribution in [0.4, 0.5) is 5.69 Å². The van der Waals surface area contributed by atoms with Gasteiger partial charge in [0.1, 0.15) is 0 Å². The summed E-state index contributed by atoms with van der Waals surface area (Å²) in [6.07, 6.45) is 4.06. The number of isocyanates is 1. The number of hydrogen-bond donors (Lipinski definition) is 0. The summed E-state index contributed by atoms with van der Waals surface area (Å²) in [6.45, 7) is 0. The number of benzene rings is 1. The number of nitrogens with zero attached hydrogens (tertiary/aromatic N) is 3. The van der Waals surface area contributed by atoms with Crippen LogP contribution in [0.2, 0.25) is 0 Å². The lowest BCUT2D eigenvalue weighted by atomic mass is 10.2. The van der Waals surface area contributed by atoms with E-state index in [1.165, 1.54) is 12.3 Å². The van der Waals surface area contributed by atoms with Crippen molar-refractivity contribution in [2.45, 2.75) is 0 Å². The summed E-state index contributed by atoms with van der Waals surface area (Å²) in [4.78, 5) is 32.1. The van der Waals surface area contributed by atoms with Gasteiger partial charge in [-0.1, -0.05) is 0 Å². The second-order valence-corrected chi connectivity index (χ2v) is 2.80. The molecule has 72 valence electrons. The Balaban J connectivity index is 2.79. The van der Waals surface area contributed by atoms with Crippen molar-refractivity contribution in [1.82, 2.24) is 9.97 Å². The van der Waals surface area contributed by atoms with Gasteiger partial charge in [-0.25, -0.2) is 9.78 Å². The normalized spacial score (nSPS) is 9.60. The van der Waals surface area contributed by atoms with E-state index in [0.29, 0.717) is 16.6 Å². The summed E-state index contributed by atoms with van der Waals surface area (Å²) in [5, 5.41) is 0.647. The zero-order valence-electron chi connectivity index (χ0n) is 7.54. The molecule has 0 radical (unpaired) electrons. The second kappa shape index (κ2) is 3.77. The van der Waals surface area contributed by atoms with Gasteiger partial charge in [0.15, 0.2) is 0 Å². The van der Waals surface area contributed by atoms with Crippen LogP contribution in [0.1, 0.15) is 0 Å². The first-order valence-electron chi connectivity index (χ1n) is 4.13. The van der Waals surface area contributed by atoms with Crippen molar-refractivity contribution < 1.29 is 4.79 Å². The molecule has 2 aromatic rings. The highest BCUT2D eigenvalue weighted by Crippen LogP contribution is 2.17. The monoisotopic (exact) mass is 199 g/mol. The predicted octanol–water partition coefficient (Wildman–Crippen LogP) is 0.957. The Morgan fingerprint density at radius 2 is 2.13 bits per heavy atom. The van der Waals surface area contributed by atoms with Gasteiger partial charge in [-0.05, 0) is 18.2 Å². The fourth-order valence-corrected chi connectivity index (χ4v) is 1.20. The quantitative estimate of drug-likeness (QED) is 0.506. The molecule has 2 rings (SSSR count). The molecule has 0 amide bonds. The standard InChI is InChI=1S/C10H5N3O2/c14-6-12-8-1-2-9-7(3-8)4-11-5-10(15)13-9/h1-5H. The molecule has 0 spiro atoms. The molecule has 0 aliphatic heterocycles. The summed E-state index contributed by atoms with van der Waals surface area (Å²) in [5.74, 6) is 0. The molecule has 1 heterocycles. The lowest BCUT2D eigenvalue weighted by Gasteiger charge is -1.91. The highest BCUT2D eigenvalue weighted by molar-refractivity contribution is 5.80. The number of hydrogen-bond acceptors (Lipinski definition) is 5. The van der Waals surface area contributed by atoms with Crippen LogP contribution in [0.5, 0.6) is 0 Å². The number of carbonyl (C=O) groups excluding carboxylic acids is 1. The molecule has 0 unspecified atom stereocenters. The third-order valence-corrected chi connectivity index (χ3v) is 1.82. The van der Waals surface area contributed by atoms with Gasteiger partial charge in [0, 0.05) is 11.6 Å². The molecule has 0 saturated heterocycles. The number of rotatable bonds is 1. The lowest BCUT2D eigenvalue weighted by Crippen LogP contribution is -1.98. The van der Waals surface area contributed by atoms with E-state index in [9.17, 15) is 9.59 Å². The van der Waals surface area contributed by atoms with Crippen LogP contribution in [-0.2, 0) is 4.79 Å². The maximum absolute atomic E-state index is 11.0. The molecule has 0 aliphatic carbocycles. The molecule has 0 atom stereocenters. The van der Waals surface area contributed by atoms with Gasteiger partial charge < -0.3 is 0 Å². The van der Waals surface area contributed by atoms with E-state index in [2.05, 4.69) is 15.0 Å². The van der Waals surface area contributed by atoms with Gasteiger partial charge >= 0.3 is 0 Å². The van der Waals surface area contributed by atoms with E-state index in [4.69, 9.17) is 0 Å². The van der Waals surface area contributed by atoms with Crippen molar-refractivity contribution >= 4 is 22.7 Å². The molecular weight excluding hydrogens is 194 g/mol. The lowest BCUT2D eigenvalue weighted by molar-refractivity contribution is 0.565. The number of aliphatic imine (C=N–C) groups is 1. The molecule has 1 aromatic carbocycles. The zero-order valence-corrected chi connectivity index (χ0v) is 7.54. The third kappa shape index (κ3) is 1.92. The molecule has 15 heavy (non-hydrogen) atoms. The fourth-order valence-electron chi connectivity index (χ4n) is 1.20. The summed E-state index contributed by atoms with van der Waals surface area (Å²) in [5.41, 5.74) is 0.568. The van der Waals surface area contributed by atoms with E-state index in [-0.39, 0.29) is 0 Å². The molecule has 0 bridgehead atoms. The highest BCUT2D eigenvalue weighted by atomic mass is 16.1. The number of aromatic nitrogens is 2. The average molecular weight is 199 g/mol. The van der Waals surface area contributed by atoms with Gasteiger partial charge in [0.2, 0.25) is 6.08 Å². The van der Waals surface area contributed by atoms with Crippen LogP contribution < -0.4 is 5.56 Å². The van der Waals surface area contributed by atoms with Crippen molar-refractivity contribution in [1.29, 1.82) is 0 Å². The second-order valence-electron chi connectivity index (χ2n) is 2.80. The average Bonchev–Trinajstić information content (AvgIpc) is 2.39. The first-order valence-corrected chi connectivity index (χ1v) is 4.13. The van der Waals surface area contributed by atoms with Crippen LogP contribution in [-0.4, -0.2) is 16.0 Å². The molecule has 0 fully saturated rings. The van der Waals surface area contributed by atoms with Crippen molar-refractivity contribution in [3.8, 4) is 0 Å². The van der Waals surface area contributed by atoms with Crippen molar-refractivity contribution in [3.63, 3.8) is 0 Å². The largest absolute Gasteiger partial charge is 0.288 e. The third-order valence-electron chi connectivity index (χ3n) is 1.82. The van der Waals surface area contributed by atoms with Crippen LogP contribution in [0.3, 0.4) is 0 Å². The first-order chi connectivity index (χ1) is 7.29. The van der Waals surface area contributed by atoms with E-state index in [1.54, 1.807) is 18.2 Å². The van der Waals surface area contributed by atoms with Gasteiger partial charge in [-0.15, -0.1) is 0 Å². The van der Waals surface area contributed by atoms with E-state index < -0.39 is 5.56 Å². The van der Waals surface area contributed by atoms with E-state index >= 15 is 0 Å². The maximum atomic E-state index is 11.0. The van der Waals surface area contributed by atoms with Gasteiger partial charge in [0.25, 0.3) is 5.56 Å². The summed E-state index contributed by atoms with van der Waals surface area (Å²) >= 11 is 0. The SMILES string of the molecule is O=C=Nc1ccc2nc(=O)cncc2c1. The molecular formula is C10H5N3O2. The molecule has 1 aromatic heterocycles. The molecule has 5 nitrogen and oxygen atoms in total. The molecule has 0 aliphatic rings. The Morgan fingerprint density at radius 3 is 2.93 bits per heavy atom. The first kappa shape index (κ1) is 9.18. The van der Waals surface area contributed by atoms with Gasteiger partial charge in [0.05, 0.1) is 17.4 Å². The predicted molar refractivity (Wildman–Crippen MR) is 53.6 cm³/mol. The minimum Gasteiger partial charge on any atom is -0.266 e.